The molecule has 0 aliphatic rings. The van der Waals surface area contributed by atoms with Crippen molar-refractivity contribution in [3.05, 3.63) is 21.6 Å². The number of methoxy groups -OCH3 is 1. The summed E-state index contributed by atoms with van der Waals surface area (Å²) in [5.74, 6) is -0.653. The minimum Gasteiger partial charge on any atom is -0.505 e. The lowest BCUT2D eigenvalue weighted by atomic mass is 10.3. The Bertz CT molecular complexity index is 576. The molecule has 0 radical (unpaired) electrons. The predicted molar refractivity (Wildman–Crippen MR) is 67.2 cm³/mol. The number of hydrogen-bond acceptors (Lipinski definition) is 5. The van der Waals surface area contributed by atoms with Crippen molar-refractivity contribution in [2.24, 2.45) is 7.05 Å². The molecule has 0 fully saturated rings. The van der Waals surface area contributed by atoms with Crippen LogP contribution in [0.3, 0.4) is 0 Å². The number of nitrogens with zero attached hydrogens (tertiary/aromatic N) is 2. The summed E-state index contributed by atoms with van der Waals surface area (Å²) < 4.78 is 6.74. The normalized spacial score (nSPS) is 10.5. The van der Waals surface area contributed by atoms with Crippen LogP contribution in [0.2, 0.25) is 0 Å². The Kier molecular flexibility index (Phi) is 3.21. The fraction of sp³-hybridized carbons (Fsp3) is 0.200. The van der Waals surface area contributed by atoms with Crippen LogP contribution < -0.4 is 0 Å². The molecule has 0 aromatic carbocycles. The summed E-state index contributed by atoms with van der Waals surface area (Å²) in [5.41, 5.74) is 0.812. The monoisotopic (exact) mass is 316 g/mol. The minimum absolute atomic E-state index is 0.0990. The second kappa shape index (κ2) is 4.50. The summed E-state index contributed by atoms with van der Waals surface area (Å²) >= 11 is 4.42. The zero-order chi connectivity index (χ0) is 12.6. The SMILES string of the molecule is COC(=O)c1sc(-c2ccnn2C)c(Br)c1O. The van der Waals surface area contributed by atoms with E-state index in [0.717, 1.165) is 21.9 Å². The van der Waals surface area contributed by atoms with Gasteiger partial charge in [-0.2, -0.15) is 5.10 Å². The Balaban J connectivity index is 2.58. The molecule has 0 atom stereocenters. The number of aromatic nitrogens is 2. The van der Waals surface area contributed by atoms with E-state index in [9.17, 15) is 9.90 Å². The molecule has 2 aromatic rings. The summed E-state index contributed by atoms with van der Waals surface area (Å²) in [4.78, 5) is 12.4. The first-order chi connectivity index (χ1) is 8.06. The van der Waals surface area contributed by atoms with Gasteiger partial charge in [-0.05, 0) is 22.0 Å². The summed E-state index contributed by atoms with van der Waals surface area (Å²) in [7, 11) is 3.06. The smallest absolute Gasteiger partial charge is 0.351 e. The number of aryl methyl sites for hydroxylation is 1. The third-order valence-corrected chi connectivity index (χ3v) is 4.47. The summed E-state index contributed by atoms with van der Waals surface area (Å²) in [6, 6.07) is 1.80. The van der Waals surface area contributed by atoms with Crippen LogP contribution in [-0.2, 0) is 11.8 Å². The topological polar surface area (TPSA) is 64.3 Å². The first-order valence-corrected chi connectivity index (χ1v) is 6.25. The molecule has 1 N–H and O–H groups in total. The van der Waals surface area contributed by atoms with Crippen LogP contribution in [0.15, 0.2) is 16.7 Å². The number of hydrogen-bond donors (Lipinski definition) is 1. The molecule has 0 aliphatic carbocycles. The van der Waals surface area contributed by atoms with Gasteiger partial charge in [-0.3, -0.25) is 4.68 Å². The largest absolute Gasteiger partial charge is 0.505 e. The summed E-state index contributed by atoms with van der Waals surface area (Å²) in [6.07, 6.45) is 1.65. The van der Waals surface area contributed by atoms with Crippen molar-refractivity contribution in [2.45, 2.75) is 0 Å². The Labute approximate surface area is 110 Å². The average molecular weight is 317 g/mol. The van der Waals surface area contributed by atoms with Gasteiger partial charge in [0.15, 0.2) is 10.6 Å². The molecule has 2 heterocycles. The number of carbonyl (C=O) groups is 1. The fourth-order valence-electron chi connectivity index (χ4n) is 1.39. The third kappa shape index (κ3) is 1.96. The molecular formula is C10H9BrN2O3S. The van der Waals surface area contributed by atoms with Gasteiger partial charge >= 0.3 is 5.97 Å². The van der Waals surface area contributed by atoms with Crippen LogP contribution in [0.5, 0.6) is 5.75 Å². The Morgan fingerprint density at radius 3 is 2.88 bits per heavy atom. The predicted octanol–water partition coefficient (Wildman–Crippen LogP) is 2.40. The van der Waals surface area contributed by atoms with Crippen molar-refractivity contribution in [3.8, 4) is 16.3 Å². The summed E-state index contributed by atoms with van der Waals surface area (Å²) in [5, 5.41) is 13.9. The highest BCUT2D eigenvalue weighted by molar-refractivity contribution is 9.10. The third-order valence-electron chi connectivity index (χ3n) is 2.25. The van der Waals surface area contributed by atoms with Crippen molar-refractivity contribution >= 4 is 33.2 Å². The van der Waals surface area contributed by atoms with Gasteiger partial charge < -0.3 is 9.84 Å². The lowest BCUT2D eigenvalue weighted by Gasteiger charge is -1.98. The molecule has 17 heavy (non-hydrogen) atoms. The Morgan fingerprint density at radius 2 is 2.35 bits per heavy atom. The van der Waals surface area contributed by atoms with Gasteiger partial charge in [-0.15, -0.1) is 11.3 Å². The van der Waals surface area contributed by atoms with E-state index in [-0.39, 0.29) is 10.6 Å². The van der Waals surface area contributed by atoms with Crippen LogP contribution in [0, 0.1) is 0 Å². The number of aromatic hydroxyl groups is 1. The molecular weight excluding hydrogens is 308 g/mol. The molecule has 0 aliphatic heterocycles. The van der Waals surface area contributed by atoms with E-state index in [1.165, 1.54) is 7.11 Å². The van der Waals surface area contributed by atoms with Gasteiger partial charge in [0.2, 0.25) is 0 Å². The zero-order valence-electron chi connectivity index (χ0n) is 9.10. The Morgan fingerprint density at radius 1 is 1.65 bits per heavy atom. The van der Waals surface area contributed by atoms with E-state index in [4.69, 9.17) is 0 Å². The van der Waals surface area contributed by atoms with Crippen LogP contribution in [0.25, 0.3) is 10.6 Å². The number of thiophene rings is 1. The molecule has 2 rings (SSSR count). The van der Waals surface area contributed by atoms with Gasteiger partial charge in [0, 0.05) is 13.2 Å². The van der Waals surface area contributed by atoms with Gasteiger partial charge in [0.05, 0.1) is 22.2 Å². The number of carbonyl (C=O) groups excluding carboxylic acids is 1. The van der Waals surface area contributed by atoms with Crippen molar-refractivity contribution in [2.75, 3.05) is 7.11 Å². The van der Waals surface area contributed by atoms with E-state index < -0.39 is 5.97 Å². The van der Waals surface area contributed by atoms with E-state index >= 15 is 0 Å². The van der Waals surface area contributed by atoms with Crippen LogP contribution in [-0.4, -0.2) is 28.0 Å². The lowest BCUT2D eigenvalue weighted by Crippen LogP contribution is -1.97. The van der Waals surface area contributed by atoms with E-state index in [1.807, 2.05) is 0 Å². The maximum absolute atomic E-state index is 11.4. The van der Waals surface area contributed by atoms with Crippen LogP contribution >= 0.6 is 27.3 Å². The second-order valence-electron chi connectivity index (χ2n) is 3.25. The molecule has 5 nitrogen and oxygen atoms in total. The molecule has 7 heteroatoms. The lowest BCUT2D eigenvalue weighted by molar-refractivity contribution is 0.0603. The standard InChI is InChI=1S/C10H9BrN2O3S/c1-13-5(3-4-12-13)8-6(11)7(14)9(17-8)10(15)16-2/h3-4,14H,1-2H3. The number of halogens is 1. The van der Waals surface area contributed by atoms with Crippen LogP contribution in [0.4, 0.5) is 0 Å². The van der Waals surface area contributed by atoms with Crippen molar-refractivity contribution in [3.63, 3.8) is 0 Å². The number of rotatable bonds is 2. The highest BCUT2D eigenvalue weighted by Crippen LogP contribution is 2.44. The van der Waals surface area contributed by atoms with Gasteiger partial charge in [0.1, 0.15) is 0 Å². The summed E-state index contributed by atoms with van der Waals surface area (Å²) in [6.45, 7) is 0. The molecule has 0 amide bonds. The Hall–Kier alpha value is -1.34. The number of esters is 1. The first-order valence-electron chi connectivity index (χ1n) is 4.64. The molecule has 0 saturated carbocycles. The van der Waals surface area contributed by atoms with E-state index in [1.54, 1.807) is 24.0 Å². The molecule has 0 saturated heterocycles. The van der Waals surface area contributed by atoms with Gasteiger partial charge in [-0.25, -0.2) is 4.79 Å². The highest BCUT2D eigenvalue weighted by Gasteiger charge is 2.23. The molecule has 0 spiro atoms. The first kappa shape index (κ1) is 12.1. The molecule has 0 unspecified atom stereocenters. The van der Waals surface area contributed by atoms with E-state index in [2.05, 4.69) is 25.8 Å². The van der Waals surface area contributed by atoms with E-state index in [0.29, 0.717) is 4.47 Å². The van der Waals surface area contributed by atoms with Crippen molar-refractivity contribution in [1.29, 1.82) is 0 Å². The zero-order valence-corrected chi connectivity index (χ0v) is 11.5. The maximum Gasteiger partial charge on any atom is 0.351 e. The van der Waals surface area contributed by atoms with Gasteiger partial charge in [-0.1, -0.05) is 0 Å². The number of ether oxygens (including phenoxy) is 1. The highest BCUT2D eigenvalue weighted by atomic mass is 79.9. The fourth-order valence-corrected chi connectivity index (χ4v) is 3.23. The van der Waals surface area contributed by atoms with Crippen molar-refractivity contribution in [1.82, 2.24) is 9.78 Å². The molecule has 2 aromatic heterocycles. The quantitative estimate of drug-likeness (QED) is 0.864. The van der Waals surface area contributed by atoms with Crippen LogP contribution in [0.1, 0.15) is 9.67 Å². The van der Waals surface area contributed by atoms with Crippen molar-refractivity contribution < 1.29 is 14.6 Å². The van der Waals surface area contributed by atoms with Gasteiger partial charge in [0.25, 0.3) is 0 Å². The second-order valence-corrected chi connectivity index (χ2v) is 5.07. The molecule has 0 bridgehead atoms. The average Bonchev–Trinajstić information content (AvgIpc) is 2.85. The minimum atomic E-state index is -0.554. The maximum atomic E-state index is 11.4. The molecule has 90 valence electrons.